The number of hydrogen-bond donors (Lipinski definition) is 0. The van der Waals surface area contributed by atoms with Crippen molar-refractivity contribution in [3.8, 4) is 0 Å². The monoisotopic (exact) mass is 338 g/mol. The van der Waals surface area contributed by atoms with Crippen LogP contribution in [0.5, 0.6) is 0 Å². The van der Waals surface area contributed by atoms with E-state index in [2.05, 4.69) is 41.4 Å². The van der Waals surface area contributed by atoms with Crippen molar-refractivity contribution in [3.63, 3.8) is 0 Å². The third-order valence-corrected chi connectivity index (χ3v) is 4.22. The summed E-state index contributed by atoms with van der Waals surface area (Å²) < 4.78 is 13.4. The van der Waals surface area contributed by atoms with Gasteiger partial charge in [-0.25, -0.2) is 4.39 Å². The molecule has 0 unspecified atom stereocenters. The van der Waals surface area contributed by atoms with Crippen molar-refractivity contribution < 1.29 is 4.39 Å². The molecule has 0 bridgehead atoms. The summed E-state index contributed by atoms with van der Waals surface area (Å²) in [5, 5.41) is 8.02. The van der Waals surface area contributed by atoms with E-state index in [0.717, 1.165) is 12.0 Å². The lowest BCUT2D eigenvalue weighted by molar-refractivity contribution is 0.618. The predicted molar refractivity (Wildman–Crippen MR) is 105 cm³/mol. The van der Waals surface area contributed by atoms with E-state index < -0.39 is 0 Å². The average molecular weight is 338 g/mol. The van der Waals surface area contributed by atoms with Gasteiger partial charge in [-0.3, -0.25) is 0 Å². The highest BCUT2D eigenvalue weighted by Crippen LogP contribution is 2.10. The standard InChI is InChI=1S/C22H27FN2/c1-3-4-5-6-7-8-19-11-13-20(14-12-19)16-24-25-17-21-10-9-18(2)22(23)15-21/h9-17H,3-8H2,1-2H3. The molecule has 0 radical (unpaired) electrons. The van der Waals surface area contributed by atoms with Crippen LogP contribution in [0.25, 0.3) is 0 Å². The number of unbranched alkanes of at least 4 members (excludes halogenated alkanes) is 4. The SMILES string of the molecule is CCCCCCCc1ccc(C=NN=Cc2ccc(C)c(F)c2)cc1. The molecule has 0 heterocycles. The van der Waals surface area contributed by atoms with Gasteiger partial charge in [0.15, 0.2) is 0 Å². The number of halogens is 1. The Bertz CT molecular complexity index is 702. The van der Waals surface area contributed by atoms with Crippen molar-refractivity contribution in [1.82, 2.24) is 0 Å². The van der Waals surface area contributed by atoms with E-state index in [4.69, 9.17) is 0 Å². The Labute approximate surface area is 150 Å². The maximum atomic E-state index is 13.4. The first-order valence-corrected chi connectivity index (χ1v) is 9.10. The van der Waals surface area contributed by atoms with Crippen molar-refractivity contribution >= 4 is 12.4 Å². The molecule has 0 aliphatic carbocycles. The summed E-state index contributed by atoms with van der Waals surface area (Å²) >= 11 is 0. The van der Waals surface area contributed by atoms with Crippen LogP contribution in [0.4, 0.5) is 4.39 Å². The number of benzene rings is 2. The van der Waals surface area contributed by atoms with Gasteiger partial charge < -0.3 is 0 Å². The number of nitrogens with zero attached hydrogens (tertiary/aromatic N) is 2. The quantitative estimate of drug-likeness (QED) is 0.300. The Morgan fingerprint density at radius 2 is 1.48 bits per heavy atom. The first-order chi connectivity index (χ1) is 12.2. The third-order valence-electron chi connectivity index (χ3n) is 4.22. The van der Waals surface area contributed by atoms with E-state index in [1.54, 1.807) is 25.4 Å². The van der Waals surface area contributed by atoms with Gasteiger partial charge in [-0.2, -0.15) is 10.2 Å². The molecular weight excluding hydrogens is 311 g/mol. The molecule has 3 heteroatoms. The summed E-state index contributed by atoms with van der Waals surface area (Å²) in [6.07, 6.45) is 10.9. The van der Waals surface area contributed by atoms with Gasteiger partial charge in [-0.15, -0.1) is 0 Å². The Kier molecular flexibility index (Phi) is 8.03. The minimum Gasteiger partial charge on any atom is -0.207 e. The van der Waals surface area contributed by atoms with Gasteiger partial charge in [0.05, 0.1) is 12.4 Å². The summed E-state index contributed by atoms with van der Waals surface area (Å²) in [6.45, 7) is 3.98. The van der Waals surface area contributed by atoms with E-state index in [0.29, 0.717) is 11.1 Å². The lowest BCUT2D eigenvalue weighted by Gasteiger charge is -2.02. The van der Waals surface area contributed by atoms with Crippen LogP contribution >= 0.6 is 0 Å². The summed E-state index contributed by atoms with van der Waals surface area (Å²) in [7, 11) is 0. The highest BCUT2D eigenvalue weighted by atomic mass is 19.1. The molecule has 132 valence electrons. The summed E-state index contributed by atoms with van der Waals surface area (Å²) in [5.74, 6) is -0.224. The molecule has 0 N–H and O–H groups in total. The molecule has 0 saturated carbocycles. The molecule has 0 aromatic heterocycles. The Morgan fingerprint density at radius 1 is 0.840 bits per heavy atom. The van der Waals surface area contributed by atoms with Crippen LogP contribution in [0, 0.1) is 12.7 Å². The summed E-state index contributed by atoms with van der Waals surface area (Å²) in [4.78, 5) is 0. The molecule has 2 aromatic carbocycles. The van der Waals surface area contributed by atoms with Crippen LogP contribution < -0.4 is 0 Å². The van der Waals surface area contributed by atoms with E-state index in [1.807, 2.05) is 6.07 Å². The average Bonchev–Trinajstić information content (AvgIpc) is 2.62. The number of rotatable bonds is 9. The van der Waals surface area contributed by atoms with Crippen LogP contribution in [-0.4, -0.2) is 12.4 Å². The van der Waals surface area contributed by atoms with Crippen molar-refractivity contribution in [3.05, 3.63) is 70.5 Å². The molecule has 0 fully saturated rings. The van der Waals surface area contributed by atoms with Crippen LogP contribution in [0.2, 0.25) is 0 Å². The minimum atomic E-state index is -0.224. The second kappa shape index (κ2) is 10.5. The number of hydrogen-bond acceptors (Lipinski definition) is 2. The van der Waals surface area contributed by atoms with Gasteiger partial charge in [0.1, 0.15) is 5.82 Å². The van der Waals surface area contributed by atoms with Gasteiger partial charge in [0, 0.05) is 0 Å². The molecule has 0 amide bonds. The zero-order valence-corrected chi connectivity index (χ0v) is 15.2. The largest absolute Gasteiger partial charge is 0.207 e. The van der Waals surface area contributed by atoms with Crippen LogP contribution in [-0.2, 0) is 6.42 Å². The van der Waals surface area contributed by atoms with Gasteiger partial charge in [-0.1, -0.05) is 69.0 Å². The molecule has 25 heavy (non-hydrogen) atoms. The molecule has 2 rings (SSSR count). The molecule has 2 aromatic rings. The molecule has 0 spiro atoms. The van der Waals surface area contributed by atoms with Gasteiger partial charge in [0.2, 0.25) is 0 Å². The van der Waals surface area contributed by atoms with Crippen molar-refractivity contribution in [1.29, 1.82) is 0 Å². The number of aryl methyl sites for hydroxylation is 2. The summed E-state index contributed by atoms with van der Waals surface area (Å²) in [6, 6.07) is 13.5. The lowest BCUT2D eigenvalue weighted by Crippen LogP contribution is -1.88. The second-order valence-corrected chi connectivity index (χ2v) is 6.40. The Balaban J connectivity index is 1.80. The minimum absolute atomic E-state index is 0.224. The van der Waals surface area contributed by atoms with Gasteiger partial charge in [0.25, 0.3) is 0 Å². The van der Waals surface area contributed by atoms with Crippen molar-refractivity contribution in [2.45, 2.75) is 52.4 Å². The maximum absolute atomic E-state index is 13.4. The molecule has 0 aliphatic rings. The first-order valence-electron chi connectivity index (χ1n) is 9.10. The van der Waals surface area contributed by atoms with Crippen LogP contribution in [0.1, 0.15) is 61.3 Å². The van der Waals surface area contributed by atoms with Crippen LogP contribution in [0.15, 0.2) is 52.7 Å². The topological polar surface area (TPSA) is 24.7 Å². The van der Waals surface area contributed by atoms with Gasteiger partial charge in [-0.05, 0) is 48.1 Å². The molecule has 0 saturated heterocycles. The Morgan fingerprint density at radius 3 is 2.16 bits per heavy atom. The summed E-state index contributed by atoms with van der Waals surface area (Å²) in [5.41, 5.74) is 3.72. The zero-order valence-electron chi connectivity index (χ0n) is 15.2. The smallest absolute Gasteiger partial charge is 0.126 e. The van der Waals surface area contributed by atoms with Crippen molar-refractivity contribution in [2.75, 3.05) is 0 Å². The van der Waals surface area contributed by atoms with Crippen LogP contribution in [0.3, 0.4) is 0 Å². The first kappa shape index (κ1) is 19.0. The fourth-order valence-corrected chi connectivity index (χ4v) is 2.59. The fraction of sp³-hybridized carbons (Fsp3) is 0.364. The highest BCUT2D eigenvalue weighted by Gasteiger charge is 1.97. The van der Waals surface area contributed by atoms with Crippen molar-refractivity contribution in [2.24, 2.45) is 10.2 Å². The Hall–Kier alpha value is -2.29. The second-order valence-electron chi connectivity index (χ2n) is 6.40. The predicted octanol–water partition coefficient (Wildman–Crippen LogP) is 6.10. The molecule has 0 atom stereocenters. The van der Waals surface area contributed by atoms with E-state index in [9.17, 15) is 4.39 Å². The normalized spacial score (nSPS) is 11.6. The highest BCUT2D eigenvalue weighted by molar-refractivity contribution is 5.82. The fourth-order valence-electron chi connectivity index (χ4n) is 2.59. The molecule has 0 aliphatic heterocycles. The lowest BCUT2D eigenvalue weighted by atomic mass is 10.0. The third kappa shape index (κ3) is 7.00. The zero-order chi connectivity index (χ0) is 17.9. The van der Waals surface area contributed by atoms with E-state index >= 15 is 0 Å². The maximum Gasteiger partial charge on any atom is 0.126 e. The van der Waals surface area contributed by atoms with E-state index in [-0.39, 0.29) is 5.82 Å². The molecule has 2 nitrogen and oxygen atoms in total. The van der Waals surface area contributed by atoms with Gasteiger partial charge >= 0.3 is 0 Å². The molecular formula is C22H27FN2. The van der Waals surface area contributed by atoms with E-state index in [1.165, 1.54) is 43.7 Å².